The monoisotopic (exact) mass is 425 g/mol. The number of carbonyl (C=O) groups excluding carboxylic acids is 1. The molecule has 1 atom stereocenters. The third-order valence-electron chi connectivity index (χ3n) is 6.97. The Hall–Kier alpha value is -3.19. The molecule has 3 aliphatic rings. The molecule has 1 saturated carbocycles. The normalized spacial score (nSPS) is 20.5. The van der Waals surface area contributed by atoms with Crippen LogP contribution < -0.4 is 11.1 Å². The number of carbonyl (C=O) groups is 1. The molecule has 0 amide bonds. The zero-order valence-electron chi connectivity index (χ0n) is 18.1. The molecule has 162 valence electrons. The van der Waals surface area contributed by atoms with Gasteiger partial charge < -0.3 is 16.0 Å². The first-order chi connectivity index (χ1) is 15.6. The molecule has 1 aromatic heterocycles. The number of ketones is 1. The van der Waals surface area contributed by atoms with E-state index in [2.05, 4.69) is 39.0 Å². The van der Waals surface area contributed by atoms with E-state index in [9.17, 15) is 4.79 Å². The molecule has 1 unspecified atom stereocenters. The second-order valence-corrected chi connectivity index (χ2v) is 9.02. The minimum atomic E-state index is -0.298. The fraction of sp³-hybridized carbons (Fsp3) is 0.423. The molecule has 1 spiro atoms. The van der Waals surface area contributed by atoms with Crippen LogP contribution in [-0.2, 0) is 6.42 Å². The van der Waals surface area contributed by atoms with Gasteiger partial charge in [-0.1, -0.05) is 24.7 Å². The molecular weight excluding hydrogens is 398 g/mol. The van der Waals surface area contributed by atoms with E-state index in [1.807, 2.05) is 12.1 Å². The SMILES string of the molecule is N=C(C#Cc1ccc(C#Cc2cnc(C3CCCN3)[nH]2)c2c1C(=O)C1(CCCC1)C2)CN. The van der Waals surface area contributed by atoms with Crippen LogP contribution in [0.3, 0.4) is 0 Å². The van der Waals surface area contributed by atoms with Gasteiger partial charge in [-0.25, -0.2) is 4.98 Å². The number of hydrogen-bond donors (Lipinski definition) is 4. The number of nitrogens with zero attached hydrogens (tertiary/aromatic N) is 1. The highest BCUT2D eigenvalue weighted by atomic mass is 16.1. The molecule has 1 saturated heterocycles. The summed E-state index contributed by atoms with van der Waals surface area (Å²) in [6.07, 6.45) is 8.79. The number of nitrogens with one attached hydrogen (secondary N) is 3. The van der Waals surface area contributed by atoms with Gasteiger partial charge in [-0.3, -0.25) is 10.2 Å². The first-order valence-corrected chi connectivity index (χ1v) is 11.4. The second kappa shape index (κ2) is 8.39. The smallest absolute Gasteiger partial charge is 0.170 e. The van der Waals surface area contributed by atoms with Gasteiger partial charge in [0.2, 0.25) is 0 Å². The van der Waals surface area contributed by atoms with Crippen molar-refractivity contribution >= 4 is 11.5 Å². The van der Waals surface area contributed by atoms with E-state index in [0.717, 1.165) is 74.1 Å². The van der Waals surface area contributed by atoms with Gasteiger partial charge in [-0.15, -0.1) is 0 Å². The second-order valence-electron chi connectivity index (χ2n) is 9.02. The lowest BCUT2D eigenvalue weighted by molar-refractivity contribution is 0.0827. The van der Waals surface area contributed by atoms with Crippen LogP contribution >= 0.6 is 0 Å². The summed E-state index contributed by atoms with van der Waals surface area (Å²) in [5, 5.41) is 11.2. The van der Waals surface area contributed by atoms with Crippen molar-refractivity contribution in [1.82, 2.24) is 15.3 Å². The number of aromatic nitrogens is 2. The molecule has 0 bridgehead atoms. The highest BCUT2D eigenvalue weighted by molar-refractivity contribution is 6.08. The van der Waals surface area contributed by atoms with Crippen molar-refractivity contribution in [3.63, 3.8) is 0 Å². The number of nitrogens with two attached hydrogens (primary N) is 1. The average molecular weight is 426 g/mol. The highest BCUT2D eigenvalue weighted by Gasteiger charge is 2.48. The molecule has 0 radical (unpaired) electrons. The summed E-state index contributed by atoms with van der Waals surface area (Å²) in [6, 6.07) is 4.10. The maximum atomic E-state index is 13.5. The van der Waals surface area contributed by atoms with Gasteiger partial charge in [0, 0.05) is 28.7 Å². The van der Waals surface area contributed by atoms with Crippen molar-refractivity contribution in [2.75, 3.05) is 13.1 Å². The van der Waals surface area contributed by atoms with Gasteiger partial charge >= 0.3 is 0 Å². The number of benzene rings is 1. The third-order valence-corrected chi connectivity index (χ3v) is 6.97. The minimum absolute atomic E-state index is 0.0964. The number of hydrogen-bond acceptors (Lipinski definition) is 5. The molecule has 2 aromatic rings. The number of aromatic amines is 1. The van der Waals surface area contributed by atoms with E-state index >= 15 is 0 Å². The van der Waals surface area contributed by atoms with Crippen molar-refractivity contribution < 1.29 is 4.79 Å². The van der Waals surface area contributed by atoms with Crippen LogP contribution in [0.15, 0.2) is 18.3 Å². The molecular formula is C26H27N5O. The Labute approximate surface area is 188 Å². The van der Waals surface area contributed by atoms with Gasteiger partial charge in [0.15, 0.2) is 5.78 Å². The summed E-state index contributed by atoms with van der Waals surface area (Å²) in [5.74, 6) is 13.4. The number of Topliss-reactive ketones (excluding diaryl/α,β-unsaturated/α-hetero) is 1. The molecule has 6 heteroatoms. The Balaban J connectivity index is 1.51. The van der Waals surface area contributed by atoms with Gasteiger partial charge in [0.1, 0.15) is 11.5 Å². The highest BCUT2D eigenvalue weighted by Crippen LogP contribution is 2.50. The van der Waals surface area contributed by atoms with E-state index in [1.54, 1.807) is 6.20 Å². The lowest BCUT2D eigenvalue weighted by Crippen LogP contribution is -2.24. The summed E-state index contributed by atoms with van der Waals surface area (Å²) in [6.45, 7) is 1.12. The number of H-pyrrole nitrogens is 1. The Morgan fingerprint density at radius 1 is 1.19 bits per heavy atom. The maximum absolute atomic E-state index is 13.5. The fourth-order valence-corrected chi connectivity index (χ4v) is 5.28. The number of imidazole rings is 1. The summed E-state index contributed by atoms with van der Waals surface area (Å²) in [5.41, 5.74) is 9.43. The summed E-state index contributed by atoms with van der Waals surface area (Å²) >= 11 is 0. The van der Waals surface area contributed by atoms with E-state index in [0.29, 0.717) is 11.1 Å². The summed E-state index contributed by atoms with van der Waals surface area (Å²) in [4.78, 5) is 21.3. The molecule has 6 nitrogen and oxygen atoms in total. The van der Waals surface area contributed by atoms with Gasteiger partial charge in [-0.05, 0) is 68.2 Å². The predicted molar refractivity (Wildman–Crippen MR) is 124 cm³/mol. The molecule has 2 fully saturated rings. The molecule has 32 heavy (non-hydrogen) atoms. The van der Waals surface area contributed by atoms with Gasteiger partial charge in [0.25, 0.3) is 0 Å². The summed E-state index contributed by atoms with van der Waals surface area (Å²) in [7, 11) is 0. The Morgan fingerprint density at radius 2 is 2.00 bits per heavy atom. The third kappa shape index (κ3) is 3.66. The Morgan fingerprint density at radius 3 is 2.75 bits per heavy atom. The van der Waals surface area contributed by atoms with Crippen molar-refractivity contribution in [2.24, 2.45) is 11.1 Å². The first kappa shape index (κ1) is 20.7. The van der Waals surface area contributed by atoms with Crippen LogP contribution in [-0.4, -0.2) is 34.6 Å². The maximum Gasteiger partial charge on any atom is 0.170 e. The molecule has 5 rings (SSSR count). The number of rotatable bonds is 2. The largest absolute Gasteiger partial charge is 0.334 e. The molecule has 1 aliphatic heterocycles. The lowest BCUT2D eigenvalue weighted by Gasteiger charge is -2.19. The van der Waals surface area contributed by atoms with Crippen LogP contribution in [0.1, 0.15) is 83.1 Å². The van der Waals surface area contributed by atoms with E-state index < -0.39 is 0 Å². The molecule has 1 aromatic carbocycles. The molecule has 5 N–H and O–H groups in total. The standard InChI is InChI=1S/C26H27N5O/c27-15-19(28)9-7-18-6-5-17(21-14-26(11-1-2-12-26)24(32)23(18)21)8-10-20-16-30-25(31-20)22-4-3-13-29-22/h5-6,16,22,28-29H,1-4,11-15,27H2,(H,30,31). The predicted octanol–water partition coefficient (Wildman–Crippen LogP) is 2.86. The van der Waals surface area contributed by atoms with Gasteiger partial charge in [-0.2, -0.15) is 0 Å². The van der Waals surface area contributed by atoms with Crippen molar-refractivity contribution in [3.05, 3.63) is 52.1 Å². The topological polar surface area (TPSA) is 108 Å². The zero-order valence-corrected chi connectivity index (χ0v) is 18.1. The van der Waals surface area contributed by atoms with Crippen molar-refractivity contribution in [2.45, 2.75) is 51.0 Å². The van der Waals surface area contributed by atoms with Crippen LogP contribution in [0.4, 0.5) is 0 Å². The zero-order chi connectivity index (χ0) is 22.1. The number of fused-ring (bicyclic) bond motifs is 1. The van der Waals surface area contributed by atoms with Crippen LogP contribution in [0, 0.1) is 34.5 Å². The lowest BCUT2D eigenvalue weighted by atomic mass is 9.82. The van der Waals surface area contributed by atoms with Crippen molar-refractivity contribution in [1.29, 1.82) is 5.41 Å². The molecule has 2 heterocycles. The fourth-order valence-electron chi connectivity index (χ4n) is 5.28. The Kier molecular flexibility index (Phi) is 5.43. The Bertz CT molecular complexity index is 1200. The minimum Gasteiger partial charge on any atom is -0.334 e. The average Bonchev–Trinajstić information content (AvgIpc) is 3.60. The van der Waals surface area contributed by atoms with Crippen molar-refractivity contribution in [3.8, 4) is 23.7 Å². The van der Waals surface area contributed by atoms with Gasteiger partial charge in [0.05, 0.1) is 18.0 Å². The van der Waals surface area contributed by atoms with E-state index in [4.69, 9.17) is 11.1 Å². The summed E-state index contributed by atoms with van der Waals surface area (Å²) < 4.78 is 0. The molecule has 2 aliphatic carbocycles. The van der Waals surface area contributed by atoms with E-state index in [1.165, 1.54) is 0 Å². The van der Waals surface area contributed by atoms with Crippen LogP contribution in [0.2, 0.25) is 0 Å². The van der Waals surface area contributed by atoms with Crippen LogP contribution in [0.25, 0.3) is 0 Å². The van der Waals surface area contributed by atoms with Crippen LogP contribution in [0.5, 0.6) is 0 Å². The van der Waals surface area contributed by atoms with E-state index in [-0.39, 0.29) is 29.5 Å². The quantitative estimate of drug-likeness (QED) is 0.438. The first-order valence-electron chi connectivity index (χ1n) is 11.4.